The first-order chi connectivity index (χ1) is 9.56. The lowest BCUT2D eigenvalue weighted by Crippen LogP contribution is -2.17. The molecular weight excluding hydrogens is 338 g/mol. The van der Waals surface area contributed by atoms with Crippen LogP contribution in [-0.2, 0) is 13.1 Å². The van der Waals surface area contributed by atoms with Crippen molar-refractivity contribution in [2.24, 2.45) is 0 Å². The third-order valence-electron chi connectivity index (χ3n) is 3.16. The fourth-order valence-corrected chi connectivity index (χ4v) is 2.97. The van der Waals surface area contributed by atoms with Crippen molar-refractivity contribution in [1.82, 2.24) is 15.1 Å². The second-order valence-corrected chi connectivity index (χ2v) is 6.21. The summed E-state index contributed by atoms with van der Waals surface area (Å²) in [5, 5.41) is 8.66. The van der Waals surface area contributed by atoms with Gasteiger partial charge in [-0.1, -0.05) is 33.6 Å². The van der Waals surface area contributed by atoms with Crippen LogP contribution in [-0.4, -0.2) is 16.3 Å². The number of halogens is 2. The van der Waals surface area contributed by atoms with Gasteiger partial charge in [-0.2, -0.15) is 5.10 Å². The van der Waals surface area contributed by atoms with E-state index in [9.17, 15) is 0 Å². The SMILES string of the molecule is Cc1cc(C)n(CCCNCc2ccc(Cl)cc2Br)n1. The smallest absolute Gasteiger partial charge is 0.0596 e. The van der Waals surface area contributed by atoms with Crippen LogP contribution in [0.1, 0.15) is 23.4 Å². The van der Waals surface area contributed by atoms with Gasteiger partial charge < -0.3 is 5.32 Å². The van der Waals surface area contributed by atoms with E-state index >= 15 is 0 Å². The second kappa shape index (κ2) is 7.25. The summed E-state index contributed by atoms with van der Waals surface area (Å²) < 4.78 is 3.12. The molecule has 0 aliphatic heterocycles. The van der Waals surface area contributed by atoms with Crippen LogP contribution in [0.3, 0.4) is 0 Å². The van der Waals surface area contributed by atoms with Gasteiger partial charge in [0.2, 0.25) is 0 Å². The van der Waals surface area contributed by atoms with Crippen LogP contribution >= 0.6 is 27.5 Å². The molecular formula is C15H19BrClN3. The van der Waals surface area contributed by atoms with Gasteiger partial charge in [0.1, 0.15) is 0 Å². The average molecular weight is 357 g/mol. The molecule has 0 aliphatic carbocycles. The maximum Gasteiger partial charge on any atom is 0.0596 e. The van der Waals surface area contributed by atoms with Crippen LogP contribution in [0.15, 0.2) is 28.7 Å². The van der Waals surface area contributed by atoms with Gasteiger partial charge in [-0.3, -0.25) is 4.68 Å². The maximum atomic E-state index is 5.93. The van der Waals surface area contributed by atoms with E-state index in [1.807, 2.05) is 25.1 Å². The van der Waals surface area contributed by atoms with Gasteiger partial charge in [-0.15, -0.1) is 0 Å². The van der Waals surface area contributed by atoms with Crippen LogP contribution in [0.4, 0.5) is 0 Å². The van der Waals surface area contributed by atoms with Gasteiger partial charge in [-0.25, -0.2) is 0 Å². The molecule has 20 heavy (non-hydrogen) atoms. The minimum absolute atomic E-state index is 0.755. The summed E-state index contributed by atoms with van der Waals surface area (Å²) in [6.07, 6.45) is 1.06. The Labute approximate surface area is 133 Å². The molecule has 0 aliphatic rings. The van der Waals surface area contributed by atoms with Gasteiger partial charge >= 0.3 is 0 Å². The highest BCUT2D eigenvalue weighted by Crippen LogP contribution is 2.21. The predicted molar refractivity (Wildman–Crippen MR) is 87.2 cm³/mol. The summed E-state index contributed by atoms with van der Waals surface area (Å²) >= 11 is 9.45. The summed E-state index contributed by atoms with van der Waals surface area (Å²) in [6.45, 7) is 6.88. The fraction of sp³-hybridized carbons (Fsp3) is 0.400. The van der Waals surface area contributed by atoms with Crippen molar-refractivity contribution in [3.63, 3.8) is 0 Å². The number of aryl methyl sites for hydroxylation is 3. The van der Waals surface area contributed by atoms with Gasteiger partial charge in [0.05, 0.1) is 5.69 Å². The van der Waals surface area contributed by atoms with Crippen molar-refractivity contribution in [2.75, 3.05) is 6.54 Å². The zero-order valence-electron chi connectivity index (χ0n) is 11.8. The third kappa shape index (κ3) is 4.33. The number of nitrogens with one attached hydrogen (secondary N) is 1. The lowest BCUT2D eigenvalue weighted by molar-refractivity contribution is 0.532. The number of benzene rings is 1. The fourth-order valence-electron chi connectivity index (χ4n) is 2.14. The topological polar surface area (TPSA) is 29.9 Å². The molecule has 2 rings (SSSR count). The quantitative estimate of drug-likeness (QED) is 0.790. The summed E-state index contributed by atoms with van der Waals surface area (Å²) in [5.41, 5.74) is 3.53. The molecule has 0 saturated heterocycles. The standard InChI is InChI=1S/C15H19BrClN3/c1-11-8-12(2)20(19-11)7-3-6-18-10-13-4-5-14(17)9-15(13)16/h4-5,8-9,18H,3,6-7,10H2,1-2H3. The molecule has 5 heteroatoms. The molecule has 1 aromatic heterocycles. The number of hydrogen-bond acceptors (Lipinski definition) is 2. The summed E-state index contributed by atoms with van der Waals surface area (Å²) in [6, 6.07) is 7.99. The van der Waals surface area contributed by atoms with Crippen molar-refractivity contribution < 1.29 is 0 Å². The summed E-state index contributed by atoms with van der Waals surface area (Å²) in [5.74, 6) is 0. The van der Waals surface area contributed by atoms with Gasteiger partial charge in [0, 0.05) is 28.3 Å². The first-order valence-corrected chi connectivity index (χ1v) is 7.89. The van der Waals surface area contributed by atoms with E-state index in [4.69, 9.17) is 11.6 Å². The second-order valence-electron chi connectivity index (χ2n) is 4.92. The Morgan fingerprint density at radius 2 is 2.10 bits per heavy atom. The molecule has 108 valence electrons. The normalized spacial score (nSPS) is 11.0. The highest BCUT2D eigenvalue weighted by Gasteiger charge is 2.02. The Bertz CT molecular complexity index is 580. The Hall–Kier alpha value is -0.840. The number of nitrogens with zero attached hydrogens (tertiary/aromatic N) is 2. The van der Waals surface area contributed by atoms with Crippen LogP contribution in [0, 0.1) is 13.8 Å². The van der Waals surface area contributed by atoms with Crippen molar-refractivity contribution in [1.29, 1.82) is 0 Å². The number of aromatic nitrogens is 2. The molecule has 1 N–H and O–H groups in total. The van der Waals surface area contributed by atoms with Crippen LogP contribution in [0.25, 0.3) is 0 Å². The van der Waals surface area contributed by atoms with E-state index in [0.29, 0.717) is 0 Å². The predicted octanol–water partition coefficient (Wildman–Crippen LogP) is 4.10. The molecule has 0 radical (unpaired) electrons. The Balaban J connectivity index is 1.73. The Morgan fingerprint density at radius 3 is 2.75 bits per heavy atom. The molecule has 1 aromatic carbocycles. The Kier molecular flexibility index (Phi) is 5.64. The van der Waals surface area contributed by atoms with E-state index < -0.39 is 0 Å². The lowest BCUT2D eigenvalue weighted by Gasteiger charge is -2.08. The van der Waals surface area contributed by atoms with Gasteiger partial charge in [0.25, 0.3) is 0 Å². The molecule has 1 heterocycles. The van der Waals surface area contributed by atoms with E-state index in [1.54, 1.807) is 0 Å². The van der Waals surface area contributed by atoms with Crippen LogP contribution < -0.4 is 5.32 Å². The zero-order valence-corrected chi connectivity index (χ0v) is 14.1. The van der Waals surface area contributed by atoms with E-state index in [1.165, 1.54) is 11.3 Å². The Morgan fingerprint density at radius 1 is 1.30 bits per heavy atom. The van der Waals surface area contributed by atoms with Crippen molar-refractivity contribution in [3.8, 4) is 0 Å². The van der Waals surface area contributed by atoms with Gasteiger partial charge in [-0.05, 0) is 50.6 Å². The van der Waals surface area contributed by atoms with Crippen molar-refractivity contribution in [2.45, 2.75) is 33.4 Å². The lowest BCUT2D eigenvalue weighted by atomic mass is 10.2. The van der Waals surface area contributed by atoms with Crippen LogP contribution in [0.5, 0.6) is 0 Å². The molecule has 3 nitrogen and oxygen atoms in total. The minimum Gasteiger partial charge on any atom is -0.313 e. The number of rotatable bonds is 6. The molecule has 0 spiro atoms. The van der Waals surface area contributed by atoms with E-state index in [2.05, 4.69) is 44.0 Å². The van der Waals surface area contributed by atoms with Crippen LogP contribution in [0.2, 0.25) is 5.02 Å². The maximum absolute atomic E-state index is 5.93. The first-order valence-electron chi connectivity index (χ1n) is 6.72. The molecule has 0 atom stereocenters. The first kappa shape index (κ1) is 15.5. The molecule has 0 unspecified atom stereocenters. The zero-order chi connectivity index (χ0) is 14.5. The molecule has 0 amide bonds. The summed E-state index contributed by atoms with van der Waals surface area (Å²) in [4.78, 5) is 0. The van der Waals surface area contributed by atoms with Crippen molar-refractivity contribution >= 4 is 27.5 Å². The molecule has 0 fully saturated rings. The van der Waals surface area contributed by atoms with E-state index in [0.717, 1.165) is 41.2 Å². The highest BCUT2D eigenvalue weighted by molar-refractivity contribution is 9.10. The van der Waals surface area contributed by atoms with Crippen molar-refractivity contribution in [3.05, 3.63) is 50.7 Å². The van der Waals surface area contributed by atoms with Gasteiger partial charge in [0.15, 0.2) is 0 Å². The largest absolute Gasteiger partial charge is 0.313 e. The molecule has 0 saturated carbocycles. The number of hydrogen-bond donors (Lipinski definition) is 1. The van der Waals surface area contributed by atoms with E-state index in [-0.39, 0.29) is 0 Å². The average Bonchev–Trinajstić information content (AvgIpc) is 2.70. The summed E-state index contributed by atoms with van der Waals surface area (Å²) in [7, 11) is 0. The highest BCUT2D eigenvalue weighted by atomic mass is 79.9. The minimum atomic E-state index is 0.755. The molecule has 2 aromatic rings. The monoisotopic (exact) mass is 355 g/mol. The molecule has 0 bridgehead atoms. The third-order valence-corrected chi connectivity index (χ3v) is 4.13.